The van der Waals surface area contributed by atoms with E-state index >= 15 is 0 Å². The van der Waals surface area contributed by atoms with Gasteiger partial charge in [-0.1, -0.05) is 12.8 Å². The van der Waals surface area contributed by atoms with Gasteiger partial charge in [0.15, 0.2) is 11.4 Å². The van der Waals surface area contributed by atoms with Crippen LogP contribution in [0.3, 0.4) is 0 Å². The van der Waals surface area contributed by atoms with Crippen LogP contribution in [-0.4, -0.2) is 39.5 Å². The molecule has 4 rings (SSSR count). The third-order valence-corrected chi connectivity index (χ3v) is 6.24. The van der Waals surface area contributed by atoms with Crippen molar-refractivity contribution in [1.29, 1.82) is 0 Å². The number of pyridine rings is 1. The quantitative estimate of drug-likeness (QED) is 0.782. The maximum atomic E-state index is 14.1. The summed E-state index contributed by atoms with van der Waals surface area (Å²) in [6.07, 6.45) is 4.68. The van der Waals surface area contributed by atoms with Gasteiger partial charge in [-0.3, -0.25) is 14.4 Å². The van der Waals surface area contributed by atoms with Crippen molar-refractivity contribution in [3.63, 3.8) is 0 Å². The predicted octanol–water partition coefficient (Wildman–Crippen LogP) is 2.64. The number of halogens is 2. The minimum atomic E-state index is -0.996. The van der Waals surface area contributed by atoms with Crippen molar-refractivity contribution in [3.8, 4) is 5.75 Å². The number of rotatable bonds is 3. The first-order valence-corrected chi connectivity index (χ1v) is 10.2. The van der Waals surface area contributed by atoms with Crippen molar-refractivity contribution in [2.45, 2.75) is 51.2 Å². The normalized spacial score (nSPS) is 20.3. The number of nitrogens with zero attached hydrogens (tertiary/aromatic N) is 2. The van der Waals surface area contributed by atoms with E-state index in [0.29, 0.717) is 5.56 Å². The molecule has 1 aromatic heterocycles. The summed E-state index contributed by atoms with van der Waals surface area (Å²) in [6.45, 7) is 1.08. The first kappa shape index (κ1) is 21.0. The molecular weight excluding hydrogens is 408 g/mol. The number of aromatic hydroxyl groups is 1. The second kappa shape index (κ2) is 7.79. The number of nitrogens with one attached hydrogen (secondary N) is 1. The molecule has 2 aliphatic rings. The Morgan fingerprint density at radius 1 is 1.16 bits per heavy atom. The Hall–Kier alpha value is -3.23. The molecule has 1 aliphatic carbocycles. The Morgan fingerprint density at radius 2 is 1.77 bits per heavy atom. The van der Waals surface area contributed by atoms with Gasteiger partial charge < -0.3 is 19.9 Å². The molecule has 2 N–H and O–H groups in total. The third kappa shape index (κ3) is 3.47. The van der Waals surface area contributed by atoms with E-state index in [4.69, 9.17) is 0 Å². The summed E-state index contributed by atoms with van der Waals surface area (Å²) in [7, 11) is 1.64. The van der Waals surface area contributed by atoms with Gasteiger partial charge in [0.25, 0.3) is 11.8 Å². The number of carbonyl (C=O) groups is 2. The largest absolute Gasteiger partial charge is 0.503 e. The standard InChI is InChI=1S/C22H23F2N3O4/c1-11-7-14(23)12(15(24)8-11)9-25-21(30)13-10-27-17-6-4-3-5-16(17)26(2)22(31)18(27)20(29)19(13)28/h7-8,10,16-17,29H,3-6,9H2,1-2H3,(H,25,30)/t16-,17+/m1/s1. The van der Waals surface area contributed by atoms with Crippen LogP contribution >= 0.6 is 0 Å². The minimum Gasteiger partial charge on any atom is -0.503 e. The molecule has 0 radical (unpaired) electrons. The molecule has 1 saturated carbocycles. The van der Waals surface area contributed by atoms with Crippen molar-refractivity contribution in [3.05, 3.63) is 62.6 Å². The van der Waals surface area contributed by atoms with E-state index in [1.165, 1.54) is 10.8 Å². The topological polar surface area (TPSA) is 91.6 Å². The molecule has 1 fully saturated rings. The number of hydrogen-bond acceptors (Lipinski definition) is 4. The first-order valence-electron chi connectivity index (χ1n) is 10.2. The Balaban J connectivity index is 1.69. The second-order valence-electron chi connectivity index (χ2n) is 8.20. The number of hydrogen-bond donors (Lipinski definition) is 2. The molecule has 31 heavy (non-hydrogen) atoms. The van der Waals surface area contributed by atoms with Crippen LogP contribution in [0.2, 0.25) is 0 Å². The van der Waals surface area contributed by atoms with Gasteiger partial charge in [-0.05, 0) is 37.5 Å². The zero-order valence-corrected chi connectivity index (χ0v) is 17.2. The predicted molar refractivity (Wildman–Crippen MR) is 108 cm³/mol. The molecule has 2 aromatic rings. The number of aryl methyl sites for hydroxylation is 1. The molecule has 0 bridgehead atoms. The maximum absolute atomic E-state index is 14.1. The van der Waals surface area contributed by atoms with Gasteiger partial charge in [-0.2, -0.15) is 0 Å². The van der Waals surface area contributed by atoms with Gasteiger partial charge >= 0.3 is 0 Å². The minimum absolute atomic E-state index is 0.0951. The van der Waals surface area contributed by atoms with Gasteiger partial charge in [-0.15, -0.1) is 0 Å². The van der Waals surface area contributed by atoms with Crippen LogP contribution in [0.4, 0.5) is 8.78 Å². The lowest BCUT2D eigenvalue weighted by Gasteiger charge is -2.44. The van der Waals surface area contributed by atoms with Crippen LogP contribution in [-0.2, 0) is 6.54 Å². The summed E-state index contributed by atoms with van der Waals surface area (Å²) in [4.78, 5) is 39.6. The molecule has 1 aromatic carbocycles. The van der Waals surface area contributed by atoms with Crippen LogP contribution in [0.5, 0.6) is 5.75 Å². The molecule has 2 atom stereocenters. The summed E-state index contributed by atoms with van der Waals surface area (Å²) in [5, 5.41) is 12.8. The van der Waals surface area contributed by atoms with Crippen molar-refractivity contribution in [1.82, 2.24) is 14.8 Å². The summed E-state index contributed by atoms with van der Waals surface area (Å²) >= 11 is 0. The molecule has 2 heterocycles. The number of benzene rings is 1. The fraction of sp³-hybridized carbons (Fsp3) is 0.409. The molecule has 1 aliphatic heterocycles. The monoisotopic (exact) mass is 431 g/mol. The first-order chi connectivity index (χ1) is 14.7. The summed E-state index contributed by atoms with van der Waals surface area (Å²) in [5.41, 5.74) is -1.44. The van der Waals surface area contributed by atoms with Gasteiger partial charge in [0.1, 0.15) is 17.2 Å². The number of carbonyl (C=O) groups excluding carboxylic acids is 2. The van der Waals surface area contributed by atoms with E-state index in [0.717, 1.165) is 37.8 Å². The summed E-state index contributed by atoms with van der Waals surface area (Å²) in [5.74, 6) is -3.76. The smallest absolute Gasteiger partial charge is 0.274 e. The van der Waals surface area contributed by atoms with E-state index in [-0.39, 0.29) is 28.9 Å². The second-order valence-corrected chi connectivity index (χ2v) is 8.20. The van der Waals surface area contributed by atoms with Gasteiger partial charge in [0, 0.05) is 25.4 Å². The van der Waals surface area contributed by atoms with Crippen molar-refractivity contribution in [2.24, 2.45) is 0 Å². The molecule has 0 saturated heterocycles. The lowest BCUT2D eigenvalue weighted by molar-refractivity contribution is 0.0507. The van der Waals surface area contributed by atoms with Crippen molar-refractivity contribution < 1.29 is 23.5 Å². The Morgan fingerprint density at radius 3 is 2.42 bits per heavy atom. The molecular formula is C22H23F2N3O4. The van der Waals surface area contributed by atoms with E-state index in [9.17, 15) is 28.3 Å². The van der Waals surface area contributed by atoms with Crippen LogP contribution in [0.25, 0.3) is 0 Å². The summed E-state index contributed by atoms with van der Waals surface area (Å²) in [6, 6.07) is 2.03. The van der Waals surface area contributed by atoms with E-state index in [1.54, 1.807) is 18.9 Å². The third-order valence-electron chi connectivity index (χ3n) is 6.24. The molecule has 0 unspecified atom stereocenters. The molecule has 164 valence electrons. The molecule has 9 heteroatoms. The maximum Gasteiger partial charge on any atom is 0.274 e. The van der Waals surface area contributed by atoms with Gasteiger partial charge in [-0.25, -0.2) is 8.78 Å². The van der Waals surface area contributed by atoms with Crippen LogP contribution in [0, 0.1) is 18.6 Å². The summed E-state index contributed by atoms with van der Waals surface area (Å²) < 4.78 is 29.6. The van der Waals surface area contributed by atoms with E-state index < -0.39 is 41.2 Å². The Labute approximate surface area is 177 Å². The highest BCUT2D eigenvalue weighted by molar-refractivity contribution is 5.99. The fourth-order valence-corrected chi connectivity index (χ4v) is 4.60. The fourth-order valence-electron chi connectivity index (χ4n) is 4.60. The molecule has 2 amide bonds. The average Bonchev–Trinajstić information content (AvgIpc) is 2.73. The zero-order valence-electron chi connectivity index (χ0n) is 17.2. The van der Waals surface area contributed by atoms with Crippen molar-refractivity contribution >= 4 is 11.8 Å². The van der Waals surface area contributed by atoms with Crippen LogP contribution in [0.1, 0.15) is 63.7 Å². The highest BCUT2D eigenvalue weighted by Crippen LogP contribution is 2.38. The van der Waals surface area contributed by atoms with E-state index in [1.807, 2.05) is 0 Å². The molecule has 7 nitrogen and oxygen atoms in total. The number of amides is 2. The van der Waals surface area contributed by atoms with E-state index in [2.05, 4.69) is 5.32 Å². The van der Waals surface area contributed by atoms with Gasteiger partial charge in [0.2, 0.25) is 5.43 Å². The molecule has 0 spiro atoms. The highest BCUT2D eigenvalue weighted by atomic mass is 19.1. The van der Waals surface area contributed by atoms with Crippen molar-refractivity contribution in [2.75, 3.05) is 7.05 Å². The lowest BCUT2D eigenvalue weighted by atomic mass is 9.86. The lowest BCUT2D eigenvalue weighted by Crippen LogP contribution is -2.51. The van der Waals surface area contributed by atoms with Crippen LogP contribution in [0.15, 0.2) is 23.1 Å². The Bertz CT molecular complexity index is 1120. The Kier molecular flexibility index (Phi) is 5.28. The number of aromatic nitrogens is 1. The average molecular weight is 431 g/mol. The SMILES string of the molecule is Cc1cc(F)c(CNC(=O)c2cn3c(c(O)c2=O)C(=O)N(C)[C@@H]2CCCC[C@@H]23)c(F)c1. The highest BCUT2D eigenvalue weighted by Gasteiger charge is 2.41. The number of fused-ring (bicyclic) bond motifs is 3. The zero-order chi connectivity index (χ0) is 22.4. The van der Waals surface area contributed by atoms with Crippen LogP contribution < -0.4 is 10.7 Å². The number of likely N-dealkylation sites (N-methyl/N-ethyl adjacent to an activating group) is 1. The van der Waals surface area contributed by atoms with Gasteiger partial charge in [0.05, 0.1) is 12.1 Å².